The van der Waals surface area contributed by atoms with Gasteiger partial charge in [0, 0.05) is 39.9 Å². The first kappa shape index (κ1) is 21.2. The summed E-state index contributed by atoms with van der Waals surface area (Å²) in [7, 11) is 1.80. The first-order chi connectivity index (χ1) is 8.78. The Morgan fingerprint density at radius 2 is 1.74 bits per heavy atom. The van der Waals surface area contributed by atoms with Gasteiger partial charge in [-0.2, -0.15) is 0 Å². The third-order valence-corrected chi connectivity index (χ3v) is 2.80. The van der Waals surface area contributed by atoms with E-state index in [1.807, 2.05) is 6.92 Å². The van der Waals surface area contributed by atoms with Crippen molar-refractivity contribution in [1.29, 1.82) is 0 Å². The van der Waals surface area contributed by atoms with Crippen LogP contribution in [0.15, 0.2) is 4.99 Å². The van der Waals surface area contributed by atoms with Crippen molar-refractivity contribution in [3.05, 3.63) is 0 Å². The van der Waals surface area contributed by atoms with E-state index in [9.17, 15) is 0 Å². The van der Waals surface area contributed by atoms with Crippen LogP contribution < -0.4 is 10.6 Å². The van der Waals surface area contributed by atoms with E-state index in [2.05, 4.69) is 34.4 Å². The van der Waals surface area contributed by atoms with Crippen LogP contribution in [0.3, 0.4) is 0 Å². The molecule has 116 valence electrons. The molecule has 0 saturated heterocycles. The minimum absolute atomic E-state index is 0. The Kier molecular flexibility index (Phi) is 17.8. The van der Waals surface area contributed by atoms with Gasteiger partial charge in [0.25, 0.3) is 0 Å². The predicted octanol–water partition coefficient (Wildman–Crippen LogP) is 1.54. The molecular weight excluding hydrogens is 355 g/mol. The summed E-state index contributed by atoms with van der Waals surface area (Å²) in [4.78, 5) is 6.57. The molecule has 19 heavy (non-hydrogen) atoms. The van der Waals surface area contributed by atoms with Crippen molar-refractivity contribution >= 4 is 29.9 Å². The van der Waals surface area contributed by atoms with Gasteiger partial charge in [0.1, 0.15) is 0 Å². The van der Waals surface area contributed by atoms with Gasteiger partial charge >= 0.3 is 0 Å². The number of hydrogen-bond donors (Lipinski definition) is 2. The molecule has 0 aliphatic carbocycles. The van der Waals surface area contributed by atoms with Crippen molar-refractivity contribution in [2.75, 3.05) is 53.0 Å². The molecular formula is C13H31IN4O. The summed E-state index contributed by atoms with van der Waals surface area (Å²) < 4.78 is 5.28. The standard InChI is InChI=1S/C13H30N4O.HI/c1-5-17(6-2)11-10-16-13(14-4)15-9-8-12-18-7-3;/h5-12H2,1-4H3,(H2,14,15,16);1H. The lowest BCUT2D eigenvalue weighted by molar-refractivity contribution is 0.145. The van der Waals surface area contributed by atoms with Crippen LogP contribution in [0.5, 0.6) is 0 Å². The highest BCUT2D eigenvalue weighted by Gasteiger charge is 2.00. The zero-order valence-corrected chi connectivity index (χ0v) is 15.2. The van der Waals surface area contributed by atoms with Crippen molar-refractivity contribution < 1.29 is 4.74 Å². The third-order valence-electron chi connectivity index (χ3n) is 2.80. The molecule has 0 aliphatic heterocycles. The molecule has 0 aromatic rings. The first-order valence-electron chi connectivity index (χ1n) is 7.03. The van der Waals surface area contributed by atoms with Gasteiger partial charge in [0.2, 0.25) is 0 Å². The van der Waals surface area contributed by atoms with Crippen LogP contribution in [0.2, 0.25) is 0 Å². The van der Waals surface area contributed by atoms with Gasteiger partial charge in [0.15, 0.2) is 5.96 Å². The van der Waals surface area contributed by atoms with E-state index >= 15 is 0 Å². The van der Waals surface area contributed by atoms with Gasteiger partial charge in [-0.15, -0.1) is 24.0 Å². The minimum atomic E-state index is 0. The Balaban J connectivity index is 0. The number of nitrogens with zero attached hydrogens (tertiary/aromatic N) is 2. The lowest BCUT2D eigenvalue weighted by Crippen LogP contribution is -2.42. The Morgan fingerprint density at radius 3 is 2.26 bits per heavy atom. The topological polar surface area (TPSA) is 48.9 Å². The van der Waals surface area contributed by atoms with Gasteiger partial charge in [-0.1, -0.05) is 13.8 Å². The van der Waals surface area contributed by atoms with Gasteiger partial charge in [-0.25, -0.2) is 0 Å². The molecule has 0 bridgehead atoms. The highest BCUT2D eigenvalue weighted by atomic mass is 127. The maximum Gasteiger partial charge on any atom is 0.191 e. The van der Waals surface area contributed by atoms with Gasteiger partial charge in [-0.3, -0.25) is 4.99 Å². The minimum Gasteiger partial charge on any atom is -0.382 e. The summed E-state index contributed by atoms with van der Waals surface area (Å²) >= 11 is 0. The molecule has 0 radical (unpaired) electrons. The molecule has 0 saturated carbocycles. The molecule has 0 spiro atoms. The second-order valence-electron chi connectivity index (χ2n) is 4.00. The van der Waals surface area contributed by atoms with Crippen molar-refractivity contribution in [1.82, 2.24) is 15.5 Å². The molecule has 0 atom stereocenters. The average molecular weight is 386 g/mol. The van der Waals surface area contributed by atoms with E-state index < -0.39 is 0 Å². The highest BCUT2D eigenvalue weighted by Crippen LogP contribution is 1.84. The van der Waals surface area contributed by atoms with E-state index in [0.29, 0.717) is 0 Å². The van der Waals surface area contributed by atoms with Crippen molar-refractivity contribution in [3.8, 4) is 0 Å². The largest absolute Gasteiger partial charge is 0.382 e. The second-order valence-corrected chi connectivity index (χ2v) is 4.00. The summed E-state index contributed by atoms with van der Waals surface area (Å²) in [5.41, 5.74) is 0. The summed E-state index contributed by atoms with van der Waals surface area (Å²) in [5.74, 6) is 0.874. The molecule has 5 nitrogen and oxygen atoms in total. The van der Waals surface area contributed by atoms with Crippen molar-refractivity contribution in [3.63, 3.8) is 0 Å². The number of guanidine groups is 1. The maximum absolute atomic E-state index is 5.28. The molecule has 0 aliphatic rings. The Labute approximate surface area is 135 Å². The predicted molar refractivity (Wildman–Crippen MR) is 93.7 cm³/mol. The number of hydrogen-bond acceptors (Lipinski definition) is 3. The molecule has 2 N–H and O–H groups in total. The second kappa shape index (κ2) is 16.0. The zero-order chi connectivity index (χ0) is 13.6. The Hall–Kier alpha value is -0.0800. The molecule has 0 aromatic carbocycles. The van der Waals surface area contributed by atoms with Crippen LogP contribution in [0.25, 0.3) is 0 Å². The quantitative estimate of drug-likeness (QED) is 0.259. The van der Waals surface area contributed by atoms with Crippen LogP contribution in [0.4, 0.5) is 0 Å². The molecule has 0 heterocycles. The fraction of sp³-hybridized carbons (Fsp3) is 0.923. The Bertz CT molecular complexity index is 211. The number of ether oxygens (including phenoxy) is 1. The van der Waals surface area contributed by atoms with Gasteiger partial charge in [0.05, 0.1) is 0 Å². The van der Waals surface area contributed by atoms with Crippen LogP contribution in [-0.4, -0.2) is 63.8 Å². The summed E-state index contributed by atoms with van der Waals surface area (Å²) in [6.45, 7) is 13.0. The molecule has 0 rings (SSSR count). The van der Waals surface area contributed by atoms with Crippen LogP contribution in [0, 0.1) is 0 Å². The summed E-state index contributed by atoms with van der Waals surface area (Å²) in [6.07, 6.45) is 1.00. The van der Waals surface area contributed by atoms with E-state index in [4.69, 9.17) is 4.74 Å². The first-order valence-corrected chi connectivity index (χ1v) is 7.03. The number of nitrogens with one attached hydrogen (secondary N) is 2. The zero-order valence-electron chi connectivity index (χ0n) is 12.9. The van der Waals surface area contributed by atoms with Crippen LogP contribution in [0.1, 0.15) is 27.2 Å². The lowest BCUT2D eigenvalue weighted by atomic mass is 10.4. The summed E-state index contributed by atoms with van der Waals surface area (Å²) in [6, 6.07) is 0. The lowest BCUT2D eigenvalue weighted by Gasteiger charge is -2.19. The van der Waals surface area contributed by atoms with Gasteiger partial charge in [-0.05, 0) is 26.4 Å². The fourth-order valence-corrected chi connectivity index (χ4v) is 1.62. The SMILES string of the molecule is CCOCCCNC(=NC)NCCN(CC)CC.I. The van der Waals surface area contributed by atoms with E-state index in [1.54, 1.807) is 7.05 Å². The van der Waals surface area contributed by atoms with Gasteiger partial charge < -0.3 is 20.3 Å². The van der Waals surface area contributed by atoms with E-state index in [-0.39, 0.29) is 24.0 Å². The highest BCUT2D eigenvalue weighted by molar-refractivity contribution is 14.0. The number of rotatable bonds is 10. The fourth-order valence-electron chi connectivity index (χ4n) is 1.62. The van der Waals surface area contributed by atoms with E-state index in [0.717, 1.165) is 58.3 Å². The molecule has 0 unspecified atom stereocenters. The Morgan fingerprint density at radius 1 is 1.11 bits per heavy atom. The van der Waals surface area contributed by atoms with Crippen molar-refractivity contribution in [2.45, 2.75) is 27.2 Å². The summed E-state index contributed by atoms with van der Waals surface area (Å²) in [5, 5.41) is 6.59. The molecule has 0 amide bonds. The number of likely N-dealkylation sites (N-methyl/N-ethyl adjacent to an activating group) is 1. The third kappa shape index (κ3) is 12.7. The van der Waals surface area contributed by atoms with Crippen LogP contribution in [-0.2, 0) is 4.74 Å². The molecule has 0 aromatic heterocycles. The number of halogens is 1. The molecule has 0 fully saturated rings. The normalized spacial score (nSPS) is 11.3. The van der Waals surface area contributed by atoms with Crippen LogP contribution >= 0.6 is 24.0 Å². The van der Waals surface area contributed by atoms with Crippen molar-refractivity contribution in [2.24, 2.45) is 4.99 Å². The van der Waals surface area contributed by atoms with E-state index in [1.165, 1.54) is 0 Å². The maximum atomic E-state index is 5.28. The smallest absolute Gasteiger partial charge is 0.191 e. The average Bonchev–Trinajstić information content (AvgIpc) is 2.41. The molecule has 6 heteroatoms. The monoisotopic (exact) mass is 386 g/mol. The number of aliphatic imine (C=N–C) groups is 1.